The zero-order chi connectivity index (χ0) is 21.9. The number of aliphatic hydroxyl groups is 1. The summed E-state index contributed by atoms with van der Waals surface area (Å²) in [7, 11) is -1.09. The molecule has 3 unspecified atom stereocenters. The summed E-state index contributed by atoms with van der Waals surface area (Å²) in [4.78, 5) is 23.9. The van der Waals surface area contributed by atoms with E-state index >= 15 is 0 Å². The number of aromatic nitrogens is 4. The largest absolute Gasteiger partial charge is 0.394 e. The Balaban J connectivity index is 1.31. The molecule has 1 N–H and O–H groups in total. The molecule has 2 aromatic heterocycles. The standard InChI is InChI=1S/C22H27ClN6O2S/c23-15-10-24-19(25-11-15)14-8-16-2-3-17(9-14)29(16)21-26-12-18-20(27-21)28(6-7-32(18)31)22(13-30)4-1-5-22/h10-12,14,16-17,30H,1-9,13H2. The van der Waals surface area contributed by atoms with Crippen LogP contribution in [0.4, 0.5) is 11.8 Å². The van der Waals surface area contributed by atoms with Crippen molar-refractivity contribution in [3.8, 4) is 0 Å². The first-order valence-electron chi connectivity index (χ1n) is 11.5. The Kier molecular flexibility index (Phi) is 5.11. The Labute approximate surface area is 194 Å². The molecule has 4 aliphatic rings. The van der Waals surface area contributed by atoms with Gasteiger partial charge in [-0.15, -0.1) is 0 Å². The van der Waals surface area contributed by atoms with Gasteiger partial charge in [0.15, 0.2) is 5.82 Å². The summed E-state index contributed by atoms with van der Waals surface area (Å²) in [5.41, 5.74) is -0.261. The Morgan fingerprint density at radius 3 is 2.47 bits per heavy atom. The smallest absolute Gasteiger partial charge is 0.227 e. The van der Waals surface area contributed by atoms with Gasteiger partial charge >= 0.3 is 0 Å². The van der Waals surface area contributed by atoms with Crippen LogP contribution in [0.25, 0.3) is 0 Å². The van der Waals surface area contributed by atoms with Crippen LogP contribution in [0.2, 0.25) is 5.02 Å². The summed E-state index contributed by atoms with van der Waals surface area (Å²) in [6, 6.07) is 0.684. The van der Waals surface area contributed by atoms with E-state index in [1.54, 1.807) is 18.6 Å². The number of aliphatic hydroxyl groups excluding tert-OH is 1. The number of piperidine rings is 1. The molecular weight excluding hydrogens is 448 g/mol. The second-order valence-electron chi connectivity index (χ2n) is 9.52. The third kappa shape index (κ3) is 3.23. The molecule has 2 bridgehead atoms. The lowest BCUT2D eigenvalue weighted by atomic mass is 9.76. The van der Waals surface area contributed by atoms with E-state index in [1.165, 1.54) is 0 Å². The number of halogens is 1. The van der Waals surface area contributed by atoms with Gasteiger partial charge in [-0.2, -0.15) is 4.98 Å². The maximum Gasteiger partial charge on any atom is 0.227 e. The van der Waals surface area contributed by atoms with Crippen molar-refractivity contribution in [1.29, 1.82) is 0 Å². The molecule has 32 heavy (non-hydrogen) atoms. The Bertz CT molecular complexity index is 1030. The molecule has 1 saturated carbocycles. The van der Waals surface area contributed by atoms with Crippen molar-refractivity contribution in [2.75, 3.05) is 28.7 Å². The van der Waals surface area contributed by atoms with E-state index in [0.29, 0.717) is 40.2 Å². The van der Waals surface area contributed by atoms with Gasteiger partial charge in [-0.3, -0.25) is 4.21 Å². The number of anilines is 2. The predicted molar refractivity (Wildman–Crippen MR) is 123 cm³/mol. The zero-order valence-electron chi connectivity index (χ0n) is 17.9. The van der Waals surface area contributed by atoms with Crippen molar-refractivity contribution in [2.45, 2.75) is 73.4 Å². The summed E-state index contributed by atoms with van der Waals surface area (Å²) in [5, 5.41) is 10.7. The topological polar surface area (TPSA) is 95.3 Å². The van der Waals surface area contributed by atoms with E-state index < -0.39 is 10.8 Å². The highest BCUT2D eigenvalue weighted by Gasteiger charge is 2.47. The predicted octanol–water partition coefficient (Wildman–Crippen LogP) is 2.68. The van der Waals surface area contributed by atoms with Crippen LogP contribution < -0.4 is 9.80 Å². The van der Waals surface area contributed by atoms with Gasteiger partial charge in [0.05, 0.1) is 39.1 Å². The number of hydrogen-bond donors (Lipinski definition) is 1. The van der Waals surface area contributed by atoms with Crippen LogP contribution in [0, 0.1) is 0 Å². The summed E-state index contributed by atoms with van der Waals surface area (Å²) in [6.45, 7) is 0.773. The second kappa shape index (κ2) is 7.88. The highest BCUT2D eigenvalue weighted by atomic mass is 35.5. The third-order valence-corrected chi connectivity index (χ3v) is 9.37. The molecule has 6 rings (SSSR count). The number of nitrogens with zero attached hydrogens (tertiary/aromatic N) is 6. The summed E-state index contributed by atoms with van der Waals surface area (Å²) < 4.78 is 12.7. The molecule has 10 heteroatoms. The van der Waals surface area contributed by atoms with Gasteiger partial charge in [0.1, 0.15) is 5.82 Å². The van der Waals surface area contributed by atoms with E-state index in [1.807, 2.05) is 0 Å². The molecule has 0 spiro atoms. The van der Waals surface area contributed by atoms with Crippen molar-refractivity contribution in [2.24, 2.45) is 0 Å². The van der Waals surface area contributed by atoms with E-state index in [4.69, 9.17) is 16.6 Å². The molecule has 8 nitrogen and oxygen atoms in total. The minimum absolute atomic E-state index is 0.107. The molecule has 0 aromatic carbocycles. The third-order valence-electron chi connectivity index (χ3n) is 7.85. The van der Waals surface area contributed by atoms with Crippen LogP contribution in [-0.2, 0) is 10.8 Å². The average Bonchev–Trinajstić information content (AvgIpc) is 3.04. The molecule has 0 radical (unpaired) electrons. The molecule has 2 saturated heterocycles. The summed E-state index contributed by atoms with van der Waals surface area (Å²) in [6.07, 6.45) is 12.3. The van der Waals surface area contributed by atoms with Crippen molar-refractivity contribution >= 4 is 34.2 Å². The van der Waals surface area contributed by atoms with Crippen LogP contribution in [-0.4, -0.2) is 65.8 Å². The zero-order valence-corrected chi connectivity index (χ0v) is 19.4. The van der Waals surface area contributed by atoms with Crippen LogP contribution in [0.15, 0.2) is 23.5 Å². The Morgan fingerprint density at radius 1 is 1.12 bits per heavy atom. The SMILES string of the molecule is O=S1CCN(C2(CO)CCC2)c2nc(N3C4CCC3CC(c3ncc(Cl)cn3)C4)ncc21. The molecule has 170 valence electrons. The maximum absolute atomic E-state index is 12.7. The van der Waals surface area contributed by atoms with Gasteiger partial charge in [-0.25, -0.2) is 15.0 Å². The highest BCUT2D eigenvalue weighted by Crippen LogP contribution is 2.46. The number of hydrogen-bond acceptors (Lipinski definition) is 8. The normalized spacial score (nSPS) is 30.7. The van der Waals surface area contributed by atoms with E-state index in [0.717, 1.165) is 62.5 Å². The fraction of sp³-hybridized carbons (Fsp3) is 0.636. The van der Waals surface area contributed by atoms with Crippen molar-refractivity contribution < 1.29 is 9.32 Å². The van der Waals surface area contributed by atoms with Gasteiger partial charge in [-0.05, 0) is 44.9 Å². The van der Waals surface area contributed by atoms with Crippen molar-refractivity contribution in [3.63, 3.8) is 0 Å². The summed E-state index contributed by atoms with van der Waals surface area (Å²) in [5.74, 6) is 3.23. The van der Waals surface area contributed by atoms with Crippen LogP contribution in [0.1, 0.15) is 56.7 Å². The van der Waals surface area contributed by atoms with E-state index in [9.17, 15) is 9.32 Å². The minimum Gasteiger partial charge on any atom is -0.394 e. The first-order valence-corrected chi connectivity index (χ1v) is 13.2. The molecule has 5 heterocycles. The molecule has 1 aliphatic carbocycles. The lowest BCUT2D eigenvalue weighted by molar-refractivity contribution is 0.115. The number of fused-ring (bicyclic) bond motifs is 3. The van der Waals surface area contributed by atoms with Gasteiger partial charge in [0.2, 0.25) is 5.95 Å². The van der Waals surface area contributed by atoms with Crippen molar-refractivity contribution in [1.82, 2.24) is 19.9 Å². The lowest BCUT2D eigenvalue weighted by Crippen LogP contribution is -2.59. The van der Waals surface area contributed by atoms with Gasteiger partial charge < -0.3 is 14.9 Å². The average molecular weight is 475 g/mol. The van der Waals surface area contributed by atoms with Crippen LogP contribution in [0.5, 0.6) is 0 Å². The van der Waals surface area contributed by atoms with Crippen LogP contribution in [0.3, 0.4) is 0 Å². The first kappa shape index (κ1) is 20.7. The fourth-order valence-corrected chi connectivity index (χ4v) is 7.22. The van der Waals surface area contributed by atoms with E-state index in [-0.39, 0.29) is 12.1 Å². The quantitative estimate of drug-likeness (QED) is 0.722. The van der Waals surface area contributed by atoms with Crippen molar-refractivity contribution in [3.05, 3.63) is 29.4 Å². The molecule has 3 fully saturated rings. The van der Waals surface area contributed by atoms with Gasteiger partial charge in [0.25, 0.3) is 0 Å². The first-order chi connectivity index (χ1) is 15.6. The maximum atomic E-state index is 12.7. The Hall–Kier alpha value is -1.84. The lowest BCUT2D eigenvalue weighted by Gasteiger charge is -2.51. The second-order valence-corrected chi connectivity index (χ2v) is 11.5. The highest BCUT2D eigenvalue weighted by molar-refractivity contribution is 7.85. The minimum atomic E-state index is -1.09. The molecule has 0 amide bonds. The monoisotopic (exact) mass is 474 g/mol. The fourth-order valence-electron chi connectivity index (χ4n) is 6.03. The Morgan fingerprint density at radius 2 is 1.84 bits per heavy atom. The summed E-state index contributed by atoms with van der Waals surface area (Å²) >= 11 is 5.97. The van der Waals surface area contributed by atoms with Crippen LogP contribution >= 0.6 is 11.6 Å². The van der Waals surface area contributed by atoms with Gasteiger partial charge in [0, 0.05) is 42.7 Å². The number of rotatable bonds is 4. The molecule has 3 aliphatic heterocycles. The van der Waals surface area contributed by atoms with Gasteiger partial charge in [-0.1, -0.05) is 11.6 Å². The molecule has 3 atom stereocenters. The van der Waals surface area contributed by atoms with E-state index in [2.05, 4.69) is 24.8 Å². The molecule has 2 aromatic rings. The molecular formula is C22H27ClN6O2S.